The fraction of sp³-hybridized carbons (Fsp3) is 0.429. The van der Waals surface area contributed by atoms with Gasteiger partial charge in [0.25, 0.3) is 0 Å². The second kappa shape index (κ2) is 7.08. The number of anilines is 1. The lowest BCUT2D eigenvalue weighted by Gasteiger charge is -2.38. The summed E-state index contributed by atoms with van der Waals surface area (Å²) >= 11 is 0. The second-order valence-corrected chi connectivity index (χ2v) is 7.32. The van der Waals surface area contributed by atoms with Crippen LogP contribution in [0.15, 0.2) is 42.7 Å². The van der Waals surface area contributed by atoms with Crippen molar-refractivity contribution < 1.29 is 9.53 Å². The number of nitrogens with zero attached hydrogens (tertiary/aromatic N) is 3. The third-order valence-electron chi connectivity index (χ3n) is 5.37. The summed E-state index contributed by atoms with van der Waals surface area (Å²) in [7, 11) is 0. The molecular formula is C21H25N3O2. The fourth-order valence-electron chi connectivity index (χ4n) is 3.76. The van der Waals surface area contributed by atoms with E-state index in [0.717, 1.165) is 37.4 Å². The lowest BCUT2D eigenvalue weighted by molar-refractivity contribution is 0.0850. The molecule has 26 heavy (non-hydrogen) atoms. The SMILES string of the molecule is CC(C)N1CCN(c2ccc3c(c2)C(=O)CC(c2cccnc2)O3)CC1. The molecule has 1 aromatic carbocycles. The van der Waals surface area contributed by atoms with E-state index in [1.54, 1.807) is 12.4 Å². The smallest absolute Gasteiger partial charge is 0.170 e. The van der Waals surface area contributed by atoms with Crippen molar-refractivity contribution in [3.05, 3.63) is 53.9 Å². The van der Waals surface area contributed by atoms with Crippen molar-refractivity contribution in [3.63, 3.8) is 0 Å². The van der Waals surface area contributed by atoms with Gasteiger partial charge < -0.3 is 9.64 Å². The van der Waals surface area contributed by atoms with E-state index in [1.807, 2.05) is 24.3 Å². The number of Topliss-reactive ketones (excluding diaryl/α,β-unsaturated/α-hetero) is 1. The third kappa shape index (κ3) is 3.31. The Hall–Kier alpha value is -2.40. The number of ether oxygens (including phenoxy) is 1. The van der Waals surface area contributed by atoms with Crippen LogP contribution in [0.3, 0.4) is 0 Å². The van der Waals surface area contributed by atoms with E-state index in [4.69, 9.17) is 4.74 Å². The number of benzene rings is 1. The molecule has 1 unspecified atom stereocenters. The van der Waals surface area contributed by atoms with Crippen LogP contribution >= 0.6 is 0 Å². The minimum Gasteiger partial charge on any atom is -0.484 e. The molecule has 136 valence electrons. The molecular weight excluding hydrogens is 326 g/mol. The third-order valence-corrected chi connectivity index (χ3v) is 5.37. The molecule has 1 saturated heterocycles. The highest BCUT2D eigenvalue weighted by molar-refractivity contribution is 6.00. The molecule has 2 aliphatic rings. The van der Waals surface area contributed by atoms with Crippen molar-refractivity contribution in [2.75, 3.05) is 31.1 Å². The molecule has 3 heterocycles. The number of piperazine rings is 1. The molecule has 0 radical (unpaired) electrons. The average Bonchev–Trinajstić information content (AvgIpc) is 2.68. The highest BCUT2D eigenvalue weighted by atomic mass is 16.5. The average molecular weight is 351 g/mol. The Labute approximate surface area is 154 Å². The molecule has 0 bridgehead atoms. The molecule has 1 aromatic heterocycles. The van der Waals surface area contributed by atoms with Crippen LogP contribution in [-0.4, -0.2) is 47.9 Å². The van der Waals surface area contributed by atoms with Crippen LogP contribution in [0.1, 0.15) is 42.3 Å². The van der Waals surface area contributed by atoms with Crippen LogP contribution in [0.25, 0.3) is 0 Å². The normalized spacial score (nSPS) is 20.8. The zero-order valence-corrected chi connectivity index (χ0v) is 15.4. The second-order valence-electron chi connectivity index (χ2n) is 7.32. The predicted octanol–water partition coefficient (Wildman–Crippen LogP) is 3.32. The largest absolute Gasteiger partial charge is 0.484 e. The quantitative estimate of drug-likeness (QED) is 0.849. The van der Waals surface area contributed by atoms with Gasteiger partial charge in [-0.3, -0.25) is 14.7 Å². The Kier molecular flexibility index (Phi) is 4.64. The van der Waals surface area contributed by atoms with E-state index >= 15 is 0 Å². The molecule has 5 heteroatoms. The molecule has 1 fully saturated rings. The standard InChI is InChI=1S/C21H25N3O2/c1-15(2)23-8-10-24(11-9-23)17-5-6-20-18(12-17)19(25)13-21(26-20)16-4-3-7-22-14-16/h3-7,12,14-15,21H,8-11,13H2,1-2H3. The first kappa shape index (κ1) is 17.0. The summed E-state index contributed by atoms with van der Waals surface area (Å²) in [4.78, 5) is 21.7. The first-order valence-electron chi connectivity index (χ1n) is 9.34. The van der Waals surface area contributed by atoms with Crippen LogP contribution in [-0.2, 0) is 0 Å². The summed E-state index contributed by atoms with van der Waals surface area (Å²) in [6, 6.07) is 10.4. The van der Waals surface area contributed by atoms with Gasteiger partial charge in [-0.2, -0.15) is 0 Å². The minimum atomic E-state index is -0.246. The summed E-state index contributed by atoms with van der Waals surface area (Å²) in [5, 5.41) is 0. The Balaban J connectivity index is 1.51. The van der Waals surface area contributed by atoms with E-state index in [9.17, 15) is 4.79 Å². The molecule has 0 amide bonds. The van der Waals surface area contributed by atoms with Gasteiger partial charge in [-0.05, 0) is 38.1 Å². The van der Waals surface area contributed by atoms with Crippen molar-refractivity contribution in [2.24, 2.45) is 0 Å². The van der Waals surface area contributed by atoms with E-state index in [2.05, 4.69) is 34.7 Å². The maximum Gasteiger partial charge on any atom is 0.170 e. The number of pyridine rings is 1. The molecule has 0 saturated carbocycles. The monoisotopic (exact) mass is 351 g/mol. The van der Waals surface area contributed by atoms with Crippen molar-refractivity contribution in [1.82, 2.24) is 9.88 Å². The Morgan fingerprint density at radius 2 is 1.96 bits per heavy atom. The van der Waals surface area contributed by atoms with E-state index in [1.165, 1.54) is 0 Å². The van der Waals surface area contributed by atoms with Gasteiger partial charge in [0.1, 0.15) is 11.9 Å². The molecule has 4 rings (SSSR count). The summed E-state index contributed by atoms with van der Waals surface area (Å²) in [6.07, 6.45) is 3.62. The van der Waals surface area contributed by atoms with Crippen molar-refractivity contribution >= 4 is 11.5 Å². The maximum atomic E-state index is 12.7. The number of hydrogen-bond donors (Lipinski definition) is 0. The Morgan fingerprint density at radius 1 is 1.15 bits per heavy atom. The van der Waals surface area contributed by atoms with Crippen molar-refractivity contribution in [1.29, 1.82) is 0 Å². The summed E-state index contributed by atoms with van der Waals surface area (Å²) in [5.74, 6) is 0.822. The zero-order chi connectivity index (χ0) is 18.1. The van der Waals surface area contributed by atoms with Gasteiger partial charge in [0.2, 0.25) is 0 Å². The molecule has 0 aliphatic carbocycles. The van der Waals surface area contributed by atoms with Crippen LogP contribution in [0.4, 0.5) is 5.69 Å². The Bertz CT molecular complexity index is 783. The number of fused-ring (bicyclic) bond motifs is 1. The number of carbonyl (C=O) groups is 1. The lowest BCUT2D eigenvalue weighted by Crippen LogP contribution is -2.48. The van der Waals surface area contributed by atoms with Gasteiger partial charge in [0.05, 0.1) is 12.0 Å². The first-order valence-corrected chi connectivity index (χ1v) is 9.34. The van der Waals surface area contributed by atoms with Crippen LogP contribution in [0, 0.1) is 0 Å². The van der Waals surface area contributed by atoms with Gasteiger partial charge in [-0.25, -0.2) is 0 Å². The topological polar surface area (TPSA) is 45.7 Å². The predicted molar refractivity (Wildman–Crippen MR) is 102 cm³/mol. The van der Waals surface area contributed by atoms with Crippen LogP contribution < -0.4 is 9.64 Å². The van der Waals surface area contributed by atoms with Gasteiger partial charge in [0, 0.05) is 55.9 Å². The van der Waals surface area contributed by atoms with Crippen molar-refractivity contribution in [2.45, 2.75) is 32.4 Å². The summed E-state index contributed by atoms with van der Waals surface area (Å²) < 4.78 is 6.09. The number of carbonyl (C=O) groups excluding carboxylic acids is 1. The van der Waals surface area contributed by atoms with Gasteiger partial charge in [-0.15, -0.1) is 0 Å². The molecule has 1 atom stereocenters. The highest BCUT2D eigenvalue weighted by Crippen LogP contribution is 2.36. The summed E-state index contributed by atoms with van der Waals surface area (Å²) in [5.41, 5.74) is 2.76. The molecule has 2 aromatic rings. The zero-order valence-electron chi connectivity index (χ0n) is 15.4. The van der Waals surface area contributed by atoms with E-state index < -0.39 is 0 Å². The molecule has 2 aliphatic heterocycles. The van der Waals surface area contributed by atoms with Crippen molar-refractivity contribution in [3.8, 4) is 5.75 Å². The van der Waals surface area contributed by atoms with Gasteiger partial charge in [-0.1, -0.05) is 6.07 Å². The highest BCUT2D eigenvalue weighted by Gasteiger charge is 2.29. The number of rotatable bonds is 3. The molecule has 0 N–H and O–H groups in total. The van der Waals surface area contributed by atoms with E-state index in [-0.39, 0.29) is 11.9 Å². The minimum absolute atomic E-state index is 0.141. The maximum absolute atomic E-state index is 12.7. The number of hydrogen-bond acceptors (Lipinski definition) is 5. The molecule has 0 spiro atoms. The first-order chi connectivity index (χ1) is 12.6. The fourth-order valence-corrected chi connectivity index (χ4v) is 3.76. The Morgan fingerprint density at radius 3 is 2.65 bits per heavy atom. The number of ketones is 1. The van der Waals surface area contributed by atoms with Crippen LogP contribution in [0.5, 0.6) is 5.75 Å². The van der Waals surface area contributed by atoms with Gasteiger partial charge in [0.15, 0.2) is 5.78 Å². The number of aromatic nitrogens is 1. The lowest BCUT2D eigenvalue weighted by atomic mass is 9.96. The summed E-state index contributed by atoms with van der Waals surface area (Å²) in [6.45, 7) is 8.58. The van der Waals surface area contributed by atoms with Crippen LogP contribution in [0.2, 0.25) is 0 Å². The molecule has 5 nitrogen and oxygen atoms in total. The van der Waals surface area contributed by atoms with E-state index in [0.29, 0.717) is 23.8 Å². The van der Waals surface area contributed by atoms with Gasteiger partial charge >= 0.3 is 0 Å².